The van der Waals surface area contributed by atoms with Gasteiger partial charge in [0, 0.05) is 7.05 Å². The summed E-state index contributed by atoms with van der Waals surface area (Å²) < 4.78 is 40.2. The van der Waals surface area contributed by atoms with Crippen molar-refractivity contribution in [3.63, 3.8) is 0 Å². The fourth-order valence-electron chi connectivity index (χ4n) is 2.78. The van der Waals surface area contributed by atoms with E-state index < -0.39 is 15.8 Å². The SMILES string of the molecule is CC(C)C(c1ccccc1)N(C)S(=O)(=O)Cc1cccc(F)c1. The van der Waals surface area contributed by atoms with Gasteiger partial charge in [-0.15, -0.1) is 0 Å². The van der Waals surface area contributed by atoms with Crippen LogP contribution >= 0.6 is 0 Å². The summed E-state index contributed by atoms with van der Waals surface area (Å²) in [4.78, 5) is 0. The van der Waals surface area contributed by atoms with Crippen molar-refractivity contribution in [3.8, 4) is 0 Å². The fraction of sp³-hybridized carbons (Fsp3) is 0.333. The molecule has 0 aliphatic heterocycles. The molecule has 0 fully saturated rings. The highest BCUT2D eigenvalue weighted by atomic mass is 32.2. The Balaban J connectivity index is 2.30. The molecular weight excluding hydrogens is 313 g/mol. The van der Waals surface area contributed by atoms with E-state index in [-0.39, 0.29) is 17.7 Å². The van der Waals surface area contributed by atoms with Crippen LogP contribution in [0.15, 0.2) is 54.6 Å². The van der Waals surface area contributed by atoms with E-state index in [1.165, 1.54) is 22.5 Å². The molecule has 0 N–H and O–H groups in total. The van der Waals surface area contributed by atoms with Gasteiger partial charge in [0.25, 0.3) is 0 Å². The summed E-state index contributed by atoms with van der Waals surface area (Å²) in [5.74, 6) is -0.523. The minimum Gasteiger partial charge on any atom is -0.212 e. The molecule has 0 spiro atoms. The van der Waals surface area contributed by atoms with Gasteiger partial charge in [-0.3, -0.25) is 0 Å². The van der Waals surface area contributed by atoms with Crippen LogP contribution in [0.25, 0.3) is 0 Å². The first-order valence-electron chi connectivity index (χ1n) is 7.56. The first-order chi connectivity index (χ1) is 10.8. The van der Waals surface area contributed by atoms with Crippen LogP contribution < -0.4 is 0 Å². The molecule has 3 nitrogen and oxygen atoms in total. The number of hydrogen-bond acceptors (Lipinski definition) is 2. The normalized spacial score (nSPS) is 13.5. The van der Waals surface area contributed by atoms with Crippen molar-refractivity contribution in [1.29, 1.82) is 0 Å². The number of nitrogens with zero attached hydrogens (tertiary/aromatic N) is 1. The van der Waals surface area contributed by atoms with Crippen LogP contribution in [0.4, 0.5) is 4.39 Å². The van der Waals surface area contributed by atoms with Crippen molar-refractivity contribution in [2.24, 2.45) is 5.92 Å². The average molecular weight is 335 g/mol. The summed E-state index contributed by atoms with van der Waals surface area (Å²) in [6.07, 6.45) is 0. The van der Waals surface area contributed by atoms with Crippen molar-refractivity contribution < 1.29 is 12.8 Å². The standard InChI is InChI=1S/C18H22FNO2S/c1-14(2)18(16-9-5-4-6-10-16)20(3)23(21,22)13-15-8-7-11-17(19)12-15/h4-12,14,18H,13H2,1-3H3. The van der Waals surface area contributed by atoms with Crippen molar-refractivity contribution >= 4 is 10.0 Å². The predicted molar refractivity (Wildman–Crippen MR) is 90.8 cm³/mol. The number of benzene rings is 2. The van der Waals surface area contributed by atoms with E-state index in [1.807, 2.05) is 44.2 Å². The number of hydrogen-bond donors (Lipinski definition) is 0. The van der Waals surface area contributed by atoms with Crippen LogP contribution in [0.1, 0.15) is 31.0 Å². The van der Waals surface area contributed by atoms with Gasteiger partial charge >= 0.3 is 0 Å². The lowest BCUT2D eigenvalue weighted by atomic mass is 9.96. The smallest absolute Gasteiger partial charge is 0.212 e. The topological polar surface area (TPSA) is 37.4 Å². The van der Waals surface area contributed by atoms with Crippen molar-refractivity contribution in [2.45, 2.75) is 25.6 Å². The Hall–Kier alpha value is -1.72. The number of halogens is 1. The Morgan fingerprint density at radius 1 is 1.04 bits per heavy atom. The Morgan fingerprint density at radius 3 is 2.26 bits per heavy atom. The maximum absolute atomic E-state index is 13.3. The summed E-state index contributed by atoms with van der Waals surface area (Å²) in [5.41, 5.74) is 1.40. The second-order valence-corrected chi connectivity index (χ2v) is 8.03. The molecule has 2 aromatic carbocycles. The Bertz CT molecular complexity index is 745. The van der Waals surface area contributed by atoms with E-state index in [0.717, 1.165) is 5.56 Å². The highest BCUT2D eigenvalue weighted by molar-refractivity contribution is 7.88. The fourth-order valence-corrected chi connectivity index (χ4v) is 4.29. The van der Waals surface area contributed by atoms with E-state index in [2.05, 4.69) is 0 Å². The molecule has 0 aliphatic carbocycles. The molecule has 124 valence electrons. The lowest BCUT2D eigenvalue weighted by molar-refractivity contribution is 0.300. The third-order valence-corrected chi connectivity index (χ3v) is 5.64. The van der Waals surface area contributed by atoms with E-state index >= 15 is 0 Å². The molecule has 2 rings (SSSR count). The van der Waals surface area contributed by atoms with Crippen LogP contribution in [-0.4, -0.2) is 19.8 Å². The number of sulfonamides is 1. The molecule has 0 aromatic heterocycles. The van der Waals surface area contributed by atoms with Gasteiger partial charge in [0.05, 0.1) is 11.8 Å². The largest absolute Gasteiger partial charge is 0.218 e. The zero-order valence-electron chi connectivity index (χ0n) is 13.6. The molecule has 0 amide bonds. The maximum Gasteiger partial charge on any atom is 0.218 e. The van der Waals surface area contributed by atoms with Crippen LogP contribution in [0.3, 0.4) is 0 Å². The molecule has 2 aromatic rings. The monoisotopic (exact) mass is 335 g/mol. The molecule has 0 radical (unpaired) electrons. The van der Waals surface area contributed by atoms with Crippen molar-refractivity contribution in [2.75, 3.05) is 7.05 Å². The highest BCUT2D eigenvalue weighted by Gasteiger charge is 2.29. The van der Waals surface area contributed by atoms with E-state index in [4.69, 9.17) is 0 Å². The van der Waals surface area contributed by atoms with Crippen molar-refractivity contribution in [1.82, 2.24) is 4.31 Å². The summed E-state index contributed by atoms with van der Waals surface area (Å²) in [6.45, 7) is 3.98. The van der Waals surface area contributed by atoms with E-state index in [9.17, 15) is 12.8 Å². The minimum atomic E-state index is -3.56. The number of rotatable bonds is 6. The molecule has 0 saturated heterocycles. The summed E-state index contributed by atoms with van der Waals surface area (Å²) >= 11 is 0. The molecule has 0 saturated carbocycles. The van der Waals surface area contributed by atoms with Crippen LogP contribution in [0.2, 0.25) is 0 Å². The average Bonchev–Trinajstić information content (AvgIpc) is 2.47. The molecule has 0 aliphatic rings. The summed E-state index contributed by atoms with van der Waals surface area (Å²) in [6, 6.07) is 15.0. The van der Waals surface area contributed by atoms with Crippen LogP contribution in [0.5, 0.6) is 0 Å². The van der Waals surface area contributed by atoms with Crippen molar-refractivity contribution in [3.05, 3.63) is 71.5 Å². The van der Waals surface area contributed by atoms with E-state index in [0.29, 0.717) is 5.56 Å². The molecule has 23 heavy (non-hydrogen) atoms. The molecule has 0 heterocycles. The van der Waals surface area contributed by atoms with Crippen LogP contribution in [-0.2, 0) is 15.8 Å². The predicted octanol–water partition coefficient (Wildman–Crippen LogP) is 3.98. The molecular formula is C18H22FNO2S. The Labute approximate surface area is 137 Å². The van der Waals surface area contributed by atoms with Gasteiger partial charge < -0.3 is 0 Å². The lowest BCUT2D eigenvalue weighted by Gasteiger charge is -2.31. The second kappa shape index (κ2) is 7.23. The molecule has 1 unspecified atom stereocenters. The van der Waals surface area contributed by atoms with Gasteiger partial charge in [-0.25, -0.2) is 12.8 Å². The molecule has 1 atom stereocenters. The van der Waals surface area contributed by atoms with Gasteiger partial charge in [-0.2, -0.15) is 4.31 Å². The van der Waals surface area contributed by atoms with Gasteiger partial charge in [-0.1, -0.05) is 56.3 Å². The summed E-state index contributed by atoms with van der Waals surface area (Å²) in [5, 5.41) is 0. The van der Waals surface area contributed by atoms with Gasteiger partial charge in [-0.05, 0) is 29.2 Å². The van der Waals surface area contributed by atoms with Gasteiger partial charge in [0.15, 0.2) is 0 Å². The van der Waals surface area contributed by atoms with Gasteiger partial charge in [0.1, 0.15) is 5.82 Å². The lowest BCUT2D eigenvalue weighted by Crippen LogP contribution is -2.35. The maximum atomic E-state index is 13.3. The summed E-state index contributed by atoms with van der Waals surface area (Å²) in [7, 11) is -1.97. The van der Waals surface area contributed by atoms with Crippen LogP contribution in [0, 0.1) is 11.7 Å². The first kappa shape index (κ1) is 17.6. The first-order valence-corrected chi connectivity index (χ1v) is 9.17. The minimum absolute atomic E-state index is 0.115. The second-order valence-electron chi connectivity index (χ2n) is 6.00. The molecule has 5 heteroatoms. The van der Waals surface area contributed by atoms with E-state index in [1.54, 1.807) is 13.1 Å². The Kier molecular flexibility index (Phi) is 5.55. The Morgan fingerprint density at radius 2 is 1.70 bits per heavy atom. The third kappa shape index (κ3) is 4.39. The zero-order valence-corrected chi connectivity index (χ0v) is 14.4. The zero-order chi connectivity index (χ0) is 17.0. The van der Waals surface area contributed by atoms with Gasteiger partial charge in [0.2, 0.25) is 10.0 Å². The molecule has 0 bridgehead atoms. The third-order valence-electron chi connectivity index (χ3n) is 3.84. The quantitative estimate of drug-likeness (QED) is 0.800. The highest BCUT2D eigenvalue weighted by Crippen LogP contribution is 2.30.